The second-order valence-electron chi connectivity index (χ2n) is 8.76. The predicted molar refractivity (Wildman–Crippen MR) is 102 cm³/mol. The first-order valence-electron chi connectivity index (χ1n) is 10.5. The first-order valence-corrected chi connectivity index (χ1v) is 10.5. The Kier molecular flexibility index (Phi) is 4.91. The third-order valence-corrected chi connectivity index (χ3v) is 6.31. The van der Waals surface area contributed by atoms with Crippen molar-refractivity contribution in [2.75, 3.05) is 26.2 Å². The van der Waals surface area contributed by atoms with Crippen molar-refractivity contribution in [3.63, 3.8) is 0 Å². The number of piperidine rings is 1. The fourth-order valence-corrected chi connectivity index (χ4v) is 4.35. The molecule has 1 aromatic heterocycles. The second-order valence-corrected chi connectivity index (χ2v) is 8.76. The highest BCUT2D eigenvalue weighted by atomic mass is 19.4. The number of carbonyl (C=O) groups is 1. The van der Waals surface area contributed by atoms with Gasteiger partial charge in [0.25, 0.3) is 0 Å². The predicted octanol–water partition coefficient (Wildman–Crippen LogP) is 3.34. The van der Waals surface area contributed by atoms with Crippen LogP contribution in [0.3, 0.4) is 0 Å². The van der Waals surface area contributed by atoms with Crippen molar-refractivity contribution in [3.05, 3.63) is 47.1 Å². The summed E-state index contributed by atoms with van der Waals surface area (Å²) in [5, 5.41) is 13.6. The Labute approximate surface area is 176 Å². The number of hydrogen-bond donors (Lipinski definition) is 1. The number of nitrogens with zero attached hydrogens (tertiary/aromatic N) is 4. The minimum absolute atomic E-state index is 0.160. The molecule has 0 radical (unpaired) electrons. The fourth-order valence-electron chi connectivity index (χ4n) is 4.35. The SMILES string of the molecule is O=C(N1CC(O)C1)N1CC(c2ccc(C(F)(F)F)cc2)CC(c2nc(C3CC3)no2)C1. The summed E-state index contributed by atoms with van der Waals surface area (Å²) in [6.45, 7) is 1.36. The molecule has 0 spiro atoms. The zero-order chi connectivity index (χ0) is 21.8. The van der Waals surface area contributed by atoms with Crippen LogP contribution < -0.4 is 0 Å². The van der Waals surface area contributed by atoms with Gasteiger partial charge in [-0.2, -0.15) is 18.2 Å². The van der Waals surface area contributed by atoms with Gasteiger partial charge in [0.15, 0.2) is 5.82 Å². The molecule has 166 valence electrons. The van der Waals surface area contributed by atoms with Gasteiger partial charge < -0.3 is 19.4 Å². The van der Waals surface area contributed by atoms with Crippen LogP contribution in [0.25, 0.3) is 0 Å². The van der Waals surface area contributed by atoms with Crippen LogP contribution in [0, 0.1) is 0 Å². The molecule has 3 aliphatic rings. The zero-order valence-electron chi connectivity index (χ0n) is 16.8. The Morgan fingerprint density at radius 1 is 1.00 bits per heavy atom. The van der Waals surface area contributed by atoms with E-state index in [2.05, 4.69) is 10.1 Å². The average Bonchev–Trinajstić information content (AvgIpc) is 3.46. The topological polar surface area (TPSA) is 82.7 Å². The fraction of sp³-hybridized carbons (Fsp3) is 0.571. The van der Waals surface area contributed by atoms with E-state index in [1.54, 1.807) is 9.80 Å². The molecule has 2 unspecified atom stereocenters. The van der Waals surface area contributed by atoms with E-state index >= 15 is 0 Å². The molecule has 3 fully saturated rings. The lowest BCUT2D eigenvalue weighted by Gasteiger charge is -2.43. The van der Waals surface area contributed by atoms with Crippen LogP contribution in [0.1, 0.15) is 59.9 Å². The van der Waals surface area contributed by atoms with Crippen molar-refractivity contribution < 1.29 is 27.6 Å². The standard InChI is InChI=1S/C21H23F3N4O3/c22-21(23,24)16-5-3-12(4-6-16)14-7-15(19-25-18(26-31-19)13-1-2-13)9-27(8-14)20(30)28-10-17(29)11-28/h3-6,13-15,17,29H,1-2,7-11H2. The molecule has 10 heteroatoms. The maximum atomic E-state index is 12.9. The van der Waals surface area contributed by atoms with Gasteiger partial charge in [-0.3, -0.25) is 0 Å². The summed E-state index contributed by atoms with van der Waals surface area (Å²) in [6.07, 6.45) is -2.22. The van der Waals surface area contributed by atoms with Crippen LogP contribution in [0.4, 0.5) is 18.0 Å². The molecule has 2 aliphatic heterocycles. The smallest absolute Gasteiger partial charge is 0.389 e. The third-order valence-electron chi connectivity index (χ3n) is 6.31. The van der Waals surface area contributed by atoms with Gasteiger partial charge in [-0.25, -0.2) is 4.79 Å². The number of aromatic nitrogens is 2. The van der Waals surface area contributed by atoms with Gasteiger partial charge >= 0.3 is 12.2 Å². The highest BCUT2D eigenvalue weighted by molar-refractivity contribution is 5.75. The van der Waals surface area contributed by atoms with Gasteiger partial charge in [0.1, 0.15) is 0 Å². The molecular weight excluding hydrogens is 413 g/mol. The summed E-state index contributed by atoms with van der Waals surface area (Å²) < 4.78 is 44.3. The number of aliphatic hydroxyl groups is 1. The van der Waals surface area contributed by atoms with Crippen LogP contribution in [0.15, 0.2) is 28.8 Å². The summed E-state index contributed by atoms with van der Waals surface area (Å²) in [7, 11) is 0. The lowest BCUT2D eigenvalue weighted by Crippen LogP contribution is -2.59. The summed E-state index contributed by atoms with van der Waals surface area (Å²) in [6, 6.07) is 4.93. The lowest BCUT2D eigenvalue weighted by atomic mass is 9.84. The average molecular weight is 436 g/mol. The van der Waals surface area contributed by atoms with E-state index in [1.807, 2.05) is 0 Å². The molecule has 2 saturated heterocycles. The number of carbonyl (C=O) groups excluding carboxylic acids is 1. The molecule has 31 heavy (non-hydrogen) atoms. The zero-order valence-corrected chi connectivity index (χ0v) is 16.8. The summed E-state index contributed by atoms with van der Waals surface area (Å²) in [4.78, 5) is 20.7. The number of β-amino-alcohol motifs (C(OH)–C–C–N with tert-alkyl or cyclic N) is 1. The minimum atomic E-state index is -4.39. The molecule has 2 atom stereocenters. The first-order chi connectivity index (χ1) is 14.8. The number of rotatable bonds is 3. The number of alkyl halides is 3. The van der Waals surface area contributed by atoms with Gasteiger partial charge in [0.2, 0.25) is 5.89 Å². The van der Waals surface area contributed by atoms with Crippen molar-refractivity contribution in [3.8, 4) is 0 Å². The molecule has 3 heterocycles. The van der Waals surface area contributed by atoms with Gasteiger partial charge in [0.05, 0.1) is 30.7 Å². The molecular formula is C21H23F3N4O3. The van der Waals surface area contributed by atoms with E-state index in [9.17, 15) is 23.1 Å². The van der Waals surface area contributed by atoms with Crippen molar-refractivity contribution in [2.45, 2.75) is 49.3 Å². The van der Waals surface area contributed by atoms with E-state index < -0.39 is 17.8 Å². The molecule has 1 saturated carbocycles. The lowest BCUT2D eigenvalue weighted by molar-refractivity contribution is -0.137. The quantitative estimate of drug-likeness (QED) is 0.798. The highest BCUT2D eigenvalue weighted by Crippen LogP contribution is 2.41. The molecule has 7 nitrogen and oxygen atoms in total. The summed E-state index contributed by atoms with van der Waals surface area (Å²) in [5.74, 6) is 1.14. The van der Waals surface area contributed by atoms with Crippen molar-refractivity contribution in [2.24, 2.45) is 0 Å². The minimum Gasteiger partial charge on any atom is -0.389 e. The Balaban J connectivity index is 1.38. The normalized spacial score (nSPS) is 24.9. The third kappa shape index (κ3) is 4.13. The largest absolute Gasteiger partial charge is 0.416 e. The summed E-state index contributed by atoms with van der Waals surface area (Å²) in [5.41, 5.74) is 0.0400. The Hall–Kier alpha value is -2.62. The Bertz CT molecular complexity index is 952. The number of hydrogen-bond acceptors (Lipinski definition) is 5. The van der Waals surface area contributed by atoms with E-state index in [4.69, 9.17) is 4.52 Å². The van der Waals surface area contributed by atoms with Crippen LogP contribution in [-0.2, 0) is 6.18 Å². The molecule has 5 rings (SSSR count). The first kappa shape index (κ1) is 20.3. The number of likely N-dealkylation sites (tertiary alicyclic amines) is 2. The molecule has 1 aliphatic carbocycles. The number of aliphatic hydroxyl groups excluding tert-OH is 1. The van der Waals surface area contributed by atoms with Gasteiger partial charge in [-0.1, -0.05) is 17.3 Å². The number of halogens is 3. The maximum Gasteiger partial charge on any atom is 0.416 e. The number of amides is 2. The van der Waals surface area contributed by atoms with Crippen LogP contribution in [0.5, 0.6) is 0 Å². The molecule has 0 bridgehead atoms. The van der Waals surface area contributed by atoms with Crippen LogP contribution in [-0.4, -0.2) is 63.4 Å². The molecule has 1 aromatic carbocycles. The Morgan fingerprint density at radius 2 is 1.65 bits per heavy atom. The van der Waals surface area contributed by atoms with Crippen molar-refractivity contribution >= 4 is 6.03 Å². The van der Waals surface area contributed by atoms with E-state index in [0.29, 0.717) is 37.1 Å². The maximum absolute atomic E-state index is 12.9. The Morgan fingerprint density at radius 3 is 2.26 bits per heavy atom. The van der Waals surface area contributed by atoms with E-state index in [-0.39, 0.29) is 31.0 Å². The molecule has 2 aromatic rings. The van der Waals surface area contributed by atoms with Crippen LogP contribution in [0.2, 0.25) is 0 Å². The summed E-state index contributed by atoms with van der Waals surface area (Å²) >= 11 is 0. The van der Waals surface area contributed by atoms with Gasteiger partial charge in [-0.05, 0) is 37.0 Å². The second kappa shape index (κ2) is 7.51. The van der Waals surface area contributed by atoms with Crippen LogP contribution >= 0.6 is 0 Å². The molecule has 1 N–H and O–H groups in total. The highest BCUT2D eigenvalue weighted by Gasteiger charge is 2.40. The number of benzene rings is 1. The van der Waals surface area contributed by atoms with E-state index in [1.165, 1.54) is 12.1 Å². The van der Waals surface area contributed by atoms with Crippen molar-refractivity contribution in [1.82, 2.24) is 19.9 Å². The molecule has 2 amide bonds. The monoisotopic (exact) mass is 436 g/mol. The van der Waals surface area contributed by atoms with Crippen molar-refractivity contribution in [1.29, 1.82) is 0 Å². The van der Waals surface area contributed by atoms with Gasteiger partial charge in [0, 0.05) is 24.9 Å². The van der Waals surface area contributed by atoms with E-state index in [0.717, 1.165) is 30.5 Å². The van der Waals surface area contributed by atoms with Gasteiger partial charge in [-0.15, -0.1) is 0 Å². The number of urea groups is 1.